The molecule has 86 valence electrons. The van der Waals surface area contributed by atoms with Crippen molar-refractivity contribution in [2.24, 2.45) is 11.1 Å². The van der Waals surface area contributed by atoms with Crippen LogP contribution in [0.1, 0.15) is 32.1 Å². The number of rotatable bonds is 4. The van der Waals surface area contributed by atoms with Crippen LogP contribution in [-0.2, 0) is 0 Å². The second-order valence-corrected chi connectivity index (χ2v) is 5.21. The molecule has 0 atom stereocenters. The summed E-state index contributed by atoms with van der Waals surface area (Å²) in [5.41, 5.74) is 5.78. The van der Waals surface area contributed by atoms with Gasteiger partial charge in [-0.3, -0.25) is 5.41 Å². The number of aliphatic hydroxyl groups excluding tert-OH is 1. The van der Waals surface area contributed by atoms with Gasteiger partial charge in [-0.15, -0.1) is 0 Å². The third-order valence-corrected chi connectivity index (χ3v) is 3.64. The molecule has 4 heteroatoms. The molecule has 0 unspecified atom stereocenters. The monoisotopic (exact) mass is 211 g/mol. The minimum absolute atomic E-state index is 0.0933. The maximum Gasteiger partial charge on any atom is 0.0911 e. The Labute approximate surface area is 91.0 Å². The van der Waals surface area contributed by atoms with E-state index in [0.29, 0.717) is 11.3 Å². The Morgan fingerprint density at radius 3 is 2.47 bits per heavy atom. The first-order valence-electron chi connectivity index (χ1n) is 5.83. The van der Waals surface area contributed by atoms with Gasteiger partial charge in [-0.05, 0) is 31.1 Å². The highest BCUT2D eigenvalue weighted by Gasteiger charge is 2.44. The molecule has 0 bridgehead atoms. The Hall–Kier alpha value is -0.610. The largest absolute Gasteiger partial charge is 0.393 e. The fraction of sp³-hybridized carbons (Fsp3) is 0.909. The summed E-state index contributed by atoms with van der Waals surface area (Å²) >= 11 is 0. The van der Waals surface area contributed by atoms with E-state index in [9.17, 15) is 5.11 Å². The van der Waals surface area contributed by atoms with Gasteiger partial charge in [-0.2, -0.15) is 0 Å². The van der Waals surface area contributed by atoms with Crippen LogP contribution in [0.3, 0.4) is 0 Å². The van der Waals surface area contributed by atoms with Crippen molar-refractivity contribution >= 4 is 5.84 Å². The van der Waals surface area contributed by atoms with Crippen molar-refractivity contribution in [1.29, 1.82) is 5.41 Å². The molecule has 0 aromatic rings. The van der Waals surface area contributed by atoms with Crippen molar-refractivity contribution in [3.05, 3.63) is 0 Å². The van der Waals surface area contributed by atoms with Gasteiger partial charge in [-0.1, -0.05) is 0 Å². The lowest BCUT2D eigenvalue weighted by Gasteiger charge is -2.32. The predicted molar refractivity (Wildman–Crippen MR) is 59.9 cm³/mol. The Morgan fingerprint density at radius 2 is 2.00 bits per heavy atom. The van der Waals surface area contributed by atoms with Crippen LogP contribution in [0.15, 0.2) is 0 Å². The third-order valence-electron chi connectivity index (χ3n) is 3.64. The number of nitrogens with zero attached hydrogens (tertiary/aromatic N) is 1. The zero-order valence-electron chi connectivity index (χ0n) is 9.21. The number of aliphatic hydroxyl groups is 1. The summed E-state index contributed by atoms with van der Waals surface area (Å²) in [5.74, 6) is 0.324. The fourth-order valence-corrected chi connectivity index (χ4v) is 2.52. The van der Waals surface area contributed by atoms with Gasteiger partial charge in [0.25, 0.3) is 0 Å². The van der Waals surface area contributed by atoms with Crippen molar-refractivity contribution in [2.75, 3.05) is 19.6 Å². The van der Waals surface area contributed by atoms with Crippen LogP contribution < -0.4 is 5.73 Å². The molecule has 1 aliphatic heterocycles. The number of piperidine rings is 1. The molecule has 0 radical (unpaired) electrons. The molecule has 4 nitrogen and oxygen atoms in total. The quantitative estimate of drug-likeness (QED) is 0.469. The van der Waals surface area contributed by atoms with E-state index in [1.54, 1.807) is 0 Å². The number of hydrogen-bond donors (Lipinski definition) is 3. The van der Waals surface area contributed by atoms with Crippen LogP contribution in [-0.4, -0.2) is 41.6 Å². The summed E-state index contributed by atoms with van der Waals surface area (Å²) in [4.78, 5) is 2.42. The Morgan fingerprint density at radius 1 is 1.40 bits per heavy atom. The smallest absolute Gasteiger partial charge is 0.0911 e. The van der Waals surface area contributed by atoms with E-state index in [1.807, 2.05) is 0 Å². The number of likely N-dealkylation sites (tertiary alicyclic amines) is 1. The van der Waals surface area contributed by atoms with Crippen LogP contribution in [0.25, 0.3) is 0 Å². The van der Waals surface area contributed by atoms with Gasteiger partial charge in [0, 0.05) is 26.1 Å². The SMILES string of the molecule is N=C(N)CC1(CN2CCC(O)CC2)CC1. The van der Waals surface area contributed by atoms with Crippen LogP contribution in [0.4, 0.5) is 0 Å². The summed E-state index contributed by atoms with van der Waals surface area (Å²) in [7, 11) is 0. The highest BCUT2D eigenvalue weighted by molar-refractivity contribution is 5.78. The molecule has 1 heterocycles. The summed E-state index contributed by atoms with van der Waals surface area (Å²) in [6.45, 7) is 3.07. The normalized spacial score (nSPS) is 26.5. The average molecular weight is 211 g/mol. The average Bonchev–Trinajstić information content (AvgIpc) is 2.88. The minimum Gasteiger partial charge on any atom is -0.393 e. The number of amidine groups is 1. The van der Waals surface area contributed by atoms with Gasteiger partial charge in [0.15, 0.2) is 0 Å². The first-order chi connectivity index (χ1) is 7.10. The van der Waals surface area contributed by atoms with Gasteiger partial charge >= 0.3 is 0 Å². The first kappa shape index (κ1) is 10.9. The lowest BCUT2D eigenvalue weighted by Crippen LogP contribution is -2.40. The Balaban J connectivity index is 1.79. The zero-order valence-corrected chi connectivity index (χ0v) is 9.21. The van der Waals surface area contributed by atoms with Crippen molar-refractivity contribution in [3.8, 4) is 0 Å². The van der Waals surface area contributed by atoms with Crippen molar-refractivity contribution in [3.63, 3.8) is 0 Å². The van der Waals surface area contributed by atoms with Crippen molar-refractivity contribution < 1.29 is 5.11 Å². The second kappa shape index (κ2) is 4.10. The second-order valence-electron chi connectivity index (χ2n) is 5.21. The summed E-state index contributed by atoms with van der Waals surface area (Å²) < 4.78 is 0. The molecule has 1 saturated heterocycles. The summed E-state index contributed by atoms with van der Waals surface area (Å²) in [6, 6.07) is 0. The van der Waals surface area contributed by atoms with Crippen molar-refractivity contribution in [1.82, 2.24) is 4.90 Å². The van der Waals surface area contributed by atoms with Crippen LogP contribution in [0.2, 0.25) is 0 Å². The molecule has 2 rings (SSSR count). The Bertz CT molecular complexity index is 242. The predicted octanol–water partition coefficient (Wildman–Crippen LogP) is 0.549. The molecule has 1 aliphatic carbocycles. The first-order valence-corrected chi connectivity index (χ1v) is 5.83. The standard InChI is InChI=1S/C11H21N3O/c12-10(13)7-11(3-4-11)8-14-5-1-9(15)2-6-14/h9,15H,1-8H2,(H3,12,13). The van der Waals surface area contributed by atoms with Crippen LogP contribution in [0, 0.1) is 10.8 Å². The molecule has 4 N–H and O–H groups in total. The summed E-state index contributed by atoms with van der Waals surface area (Å²) in [6.07, 6.45) is 4.89. The van der Waals surface area contributed by atoms with Crippen LogP contribution >= 0.6 is 0 Å². The topological polar surface area (TPSA) is 73.3 Å². The molecule has 0 aromatic carbocycles. The molecule has 2 fully saturated rings. The molecule has 1 saturated carbocycles. The van der Waals surface area contributed by atoms with E-state index in [1.165, 1.54) is 12.8 Å². The molecule has 2 aliphatic rings. The maximum absolute atomic E-state index is 9.41. The lowest BCUT2D eigenvalue weighted by atomic mass is 9.99. The number of hydrogen-bond acceptors (Lipinski definition) is 3. The molecule has 0 aromatic heterocycles. The van der Waals surface area contributed by atoms with E-state index in [-0.39, 0.29) is 6.10 Å². The fourth-order valence-electron chi connectivity index (χ4n) is 2.52. The van der Waals surface area contributed by atoms with Crippen molar-refractivity contribution in [2.45, 2.75) is 38.2 Å². The van der Waals surface area contributed by atoms with E-state index in [0.717, 1.165) is 38.9 Å². The molecular formula is C11H21N3O. The van der Waals surface area contributed by atoms with Gasteiger partial charge in [0.2, 0.25) is 0 Å². The highest BCUT2D eigenvalue weighted by Crippen LogP contribution is 2.49. The van der Waals surface area contributed by atoms with E-state index in [2.05, 4.69) is 4.90 Å². The minimum atomic E-state index is -0.0933. The van der Waals surface area contributed by atoms with E-state index >= 15 is 0 Å². The van der Waals surface area contributed by atoms with Gasteiger partial charge < -0.3 is 15.7 Å². The third kappa shape index (κ3) is 2.92. The highest BCUT2D eigenvalue weighted by atomic mass is 16.3. The Kier molecular flexibility index (Phi) is 2.98. The molecular weight excluding hydrogens is 190 g/mol. The van der Waals surface area contributed by atoms with Crippen LogP contribution in [0.5, 0.6) is 0 Å². The van der Waals surface area contributed by atoms with E-state index < -0.39 is 0 Å². The maximum atomic E-state index is 9.41. The molecule has 0 spiro atoms. The van der Waals surface area contributed by atoms with Gasteiger partial charge in [0.05, 0.1) is 11.9 Å². The summed E-state index contributed by atoms with van der Waals surface area (Å²) in [5, 5.41) is 16.8. The number of nitrogens with one attached hydrogen (secondary N) is 1. The zero-order chi connectivity index (χ0) is 10.9. The van der Waals surface area contributed by atoms with Gasteiger partial charge in [0.1, 0.15) is 0 Å². The van der Waals surface area contributed by atoms with E-state index in [4.69, 9.17) is 11.1 Å². The van der Waals surface area contributed by atoms with Gasteiger partial charge in [-0.25, -0.2) is 0 Å². The molecule has 0 amide bonds. The molecule has 15 heavy (non-hydrogen) atoms. The number of nitrogens with two attached hydrogens (primary N) is 1. The lowest BCUT2D eigenvalue weighted by molar-refractivity contribution is 0.0727.